The summed E-state index contributed by atoms with van der Waals surface area (Å²) in [5.41, 5.74) is 0.825. The second-order valence-corrected chi connectivity index (χ2v) is 8.63. The number of hydrogen-bond acceptors (Lipinski definition) is 1. The van der Waals surface area contributed by atoms with Gasteiger partial charge in [0.25, 0.3) is 0 Å². The van der Waals surface area contributed by atoms with Crippen molar-refractivity contribution in [3.8, 4) is 0 Å². The minimum absolute atomic E-state index is 0.368. The summed E-state index contributed by atoms with van der Waals surface area (Å²) < 4.78 is 0. The van der Waals surface area contributed by atoms with Gasteiger partial charge < -0.3 is 0 Å². The quantitative estimate of drug-likeness (QED) is 0.671. The van der Waals surface area contributed by atoms with Gasteiger partial charge in [0.15, 0.2) is 0 Å². The van der Waals surface area contributed by atoms with Gasteiger partial charge in [0.05, 0.1) is 0 Å². The van der Waals surface area contributed by atoms with Crippen molar-refractivity contribution in [3.05, 3.63) is 0 Å². The van der Waals surface area contributed by atoms with Gasteiger partial charge in [-0.2, -0.15) is 0 Å². The van der Waals surface area contributed by atoms with Crippen LogP contribution in [0.4, 0.5) is 0 Å². The number of likely N-dealkylation sites (tertiary alicyclic amines) is 1. The molecule has 0 aromatic carbocycles. The summed E-state index contributed by atoms with van der Waals surface area (Å²) in [6.45, 7) is 17.3. The first-order valence-electron chi connectivity index (χ1n) is 8.49. The molecule has 1 saturated carbocycles. The summed E-state index contributed by atoms with van der Waals surface area (Å²) in [6.07, 6.45) is 7.02. The smallest absolute Gasteiger partial charge is 0.0165 e. The van der Waals surface area contributed by atoms with Gasteiger partial charge in [0, 0.05) is 17.6 Å². The third-order valence-corrected chi connectivity index (χ3v) is 6.28. The molecule has 0 bridgehead atoms. The number of rotatable bonds is 2. The largest absolute Gasteiger partial charge is 0.291 e. The van der Waals surface area contributed by atoms with Crippen molar-refractivity contribution < 1.29 is 0 Å². The lowest BCUT2D eigenvalue weighted by Crippen LogP contribution is -2.56. The summed E-state index contributed by atoms with van der Waals surface area (Å²) in [7, 11) is 0. The van der Waals surface area contributed by atoms with Gasteiger partial charge >= 0.3 is 0 Å². The fourth-order valence-electron chi connectivity index (χ4n) is 5.37. The Labute approximate surface area is 121 Å². The molecule has 0 amide bonds. The Morgan fingerprint density at radius 2 is 1.68 bits per heavy atom. The molecule has 0 aromatic rings. The summed E-state index contributed by atoms with van der Waals surface area (Å²) in [5.74, 6) is 1.79. The Hall–Kier alpha value is -0.0400. The van der Waals surface area contributed by atoms with Crippen molar-refractivity contribution in [2.45, 2.75) is 98.2 Å². The van der Waals surface area contributed by atoms with Crippen LogP contribution >= 0.6 is 0 Å². The van der Waals surface area contributed by atoms with E-state index >= 15 is 0 Å². The molecule has 1 saturated heterocycles. The molecule has 2 aliphatic rings. The molecule has 3 unspecified atom stereocenters. The van der Waals surface area contributed by atoms with Gasteiger partial charge in [-0.15, -0.1) is 0 Å². The predicted molar refractivity (Wildman–Crippen MR) is 84.4 cm³/mol. The molecule has 0 radical (unpaired) electrons. The lowest BCUT2D eigenvalue weighted by atomic mass is 9.74. The highest BCUT2D eigenvalue weighted by atomic mass is 15.3. The monoisotopic (exact) mass is 265 g/mol. The molecular formula is C18H35N. The van der Waals surface area contributed by atoms with Crippen molar-refractivity contribution >= 4 is 0 Å². The van der Waals surface area contributed by atoms with Crippen LogP contribution in [0.25, 0.3) is 0 Å². The fraction of sp³-hybridized carbons (Fsp3) is 1.00. The molecule has 4 atom stereocenters. The minimum atomic E-state index is 0.368. The molecule has 0 spiro atoms. The Bertz CT molecular complexity index is 318. The van der Waals surface area contributed by atoms with Gasteiger partial charge in [-0.25, -0.2) is 0 Å². The van der Waals surface area contributed by atoms with E-state index in [1.807, 2.05) is 0 Å². The van der Waals surface area contributed by atoms with Gasteiger partial charge in [-0.05, 0) is 57.3 Å². The standard InChI is InChI=1S/C18H35N/c1-8-15-11-9-10-13(2)16(15)19-14(3)17(4,5)12-18(19,6)7/h13-16H,8-12H2,1-7H3/t13?,14?,15?,16-/m1/s1. The van der Waals surface area contributed by atoms with Gasteiger partial charge in [0.1, 0.15) is 0 Å². The second kappa shape index (κ2) is 5.06. The molecule has 0 N–H and O–H groups in total. The van der Waals surface area contributed by atoms with Crippen molar-refractivity contribution in [2.24, 2.45) is 17.3 Å². The topological polar surface area (TPSA) is 3.24 Å². The van der Waals surface area contributed by atoms with Crippen LogP contribution < -0.4 is 0 Å². The zero-order valence-electron chi connectivity index (χ0n) is 14.3. The first-order valence-corrected chi connectivity index (χ1v) is 8.49. The molecule has 1 aliphatic heterocycles. The van der Waals surface area contributed by atoms with Crippen LogP contribution in [0, 0.1) is 17.3 Å². The van der Waals surface area contributed by atoms with Crippen LogP contribution in [-0.2, 0) is 0 Å². The van der Waals surface area contributed by atoms with E-state index in [2.05, 4.69) is 53.4 Å². The van der Waals surface area contributed by atoms with Crippen molar-refractivity contribution in [1.29, 1.82) is 0 Å². The number of hydrogen-bond donors (Lipinski definition) is 0. The van der Waals surface area contributed by atoms with E-state index in [-0.39, 0.29) is 0 Å². The van der Waals surface area contributed by atoms with Gasteiger partial charge in [-0.1, -0.05) is 40.5 Å². The molecular weight excluding hydrogens is 230 g/mol. The van der Waals surface area contributed by atoms with E-state index < -0.39 is 0 Å². The van der Waals surface area contributed by atoms with Crippen molar-refractivity contribution in [2.75, 3.05) is 0 Å². The number of nitrogens with zero attached hydrogens (tertiary/aromatic N) is 1. The summed E-state index contributed by atoms with van der Waals surface area (Å²) >= 11 is 0. The molecule has 2 fully saturated rings. The lowest BCUT2D eigenvalue weighted by Gasteiger charge is -2.50. The van der Waals surface area contributed by atoms with Gasteiger partial charge in [-0.3, -0.25) is 4.90 Å². The minimum Gasteiger partial charge on any atom is -0.291 e. The summed E-state index contributed by atoms with van der Waals surface area (Å²) in [6, 6.07) is 1.52. The van der Waals surface area contributed by atoms with E-state index in [4.69, 9.17) is 0 Å². The third kappa shape index (κ3) is 2.60. The first kappa shape index (κ1) is 15.4. The Morgan fingerprint density at radius 3 is 2.16 bits per heavy atom. The molecule has 1 nitrogen and oxygen atoms in total. The average molecular weight is 265 g/mol. The summed E-state index contributed by atoms with van der Waals surface area (Å²) in [4.78, 5) is 2.92. The predicted octanol–water partition coefficient (Wildman–Crippen LogP) is 5.10. The normalized spacial score (nSPS) is 42.5. The van der Waals surface area contributed by atoms with Crippen LogP contribution in [0.3, 0.4) is 0 Å². The summed E-state index contributed by atoms with van der Waals surface area (Å²) in [5, 5.41) is 0. The van der Waals surface area contributed by atoms with Crippen LogP contribution in [0.5, 0.6) is 0 Å². The Balaban J connectivity index is 2.32. The van der Waals surface area contributed by atoms with E-state index in [0.29, 0.717) is 17.0 Å². The van der Waals surface area contributed by atoms with Crippen molar-refractivity contribution in [1.82, 2.24) is 4.90 Å². The van der Waals surface area contributed by atoms with E-state index in [0.717, 1.165) is 17.9 Å². The fourth-order valence-corrected chi connectivity index (χ4v) is 5.37. The molecule has 1 heteroatoms. The molecule has 1 heterocycles. The van der Waals surface area contributed by atoms with E-state index in [1.54, 1.807) is 0 Å². The first-order chi connectivity index (χ1) is 8.70. The highest BCUT2D eigenvalue weighted by molar-refractivity contribution is 5.07. The van der Waals surface area contributed by atoms with Crippen LogP contribution in [0.2, 0.25) is 0 Å². The van der Waals surface area contributed by atoms with Crippen LogP contribution in [-0.4, -0.2) is 22.5 Å². The maximum absolute atomic E-state index is 2.92. The maximum Gasteiger partial charge on any atom is 0.0165 e. The highest BCUT2D eigenvalue weighted by Crippen LogP contribution is 2.50. The lowest BCUT2D eigenvalue weighted by molar-refractivity contribution is -0.0122. The van der Waals surface area contributed by atoms with E-state index in [9.17, 15) is 0 Å². The SMILES string of the molecule is CCC1CCCC(C)[C@H]1N1C(C)C(C)(C)CC1(C)C. The van der Waals surface area contributed by atoms with Gasteiger partial charge in [0.2, 0.25) is 0 Å². The second-order valence-electron chi connectivity index (χ2n) is 8.63. The Kier molecular flexibility index (Phi) is 4.09. The molecule has 0 aromatic heterocycles. The zero-order valence-corrected chi connectivity index (χ0v) is 14.3. The molecule has 2 rings (SSSR count). The Morgan fingerprint density at radius 1 is 1.05 bits per heavy atom. The third-order valence-electron chi connectivity index (χ3n) is 6.28. The van der Waals surface area contributed by atoms with E-state index in [1.165, 1.54) is 32.1 Å². The van der Waals surface area contributed by atoms with Crippen molar-refractivity contribution in [3.63, 3.8) is 0 Å². The zero-order chi connectivity index (χ0) is 14.4. The van der Waals surface area contributed by atoms with Crippen LogP contribution in [0.15, 0.2) is 0 Å². The average Bonchev–Trinajstić information content (AvgIpc) is 2.44. The molecule has 19 heavy (non-hydrogen) atoms. The highest BCUT2D eigenvalue weighted by Gasteiger charge is 2.53. The molecule has 1 aliphatic carbocycles. The molecule has 112 valence electrons. The maximum atomic E-state index is 2.92. The van der Waals surface area contributed by atoms with Crippen LogP contribution in [0.1, 0.15) is 80.6 Å².